The third kappa shape index (κ3) is 4.87. The van der Waals surface area contributed by atoms with Crippen LogP contribution in [0.4, 0.5) is 0 Å². The van der Waals surface area contributed by atoms with Gasteiger partial charge in [0.1, 0.15) is 0 Å². The molecular formula is C17H34N4. The zero-order chi connectivity index (χ0) is 15.1. The molecular weight excluding hydrogens is 260 g/mol. The van der Waals surface area contributed by atoms with E-state index in [0.29, 0.717) is 5.41 Å². The van der Waals surface area contributed by atoms with Crippen molar-refractivity contribution in [1.82, 2.24) is 15.5 Å². The summed E-state index contributed by atoms with van der Waals surface area (Å²) in [6.07, 6.45) is 9.45. The maximum absolute atomic E-state index is 4.40. The molecule has 2 rings (SSSR count). The number of rotatable bonds is 5. The quantitative estimate of drug-likeness (QED) is 0.604. The second kappa shape index (κ2) is 8.02. The zero-order valence-corrected chi connectivity index (χ0v) is 14.2. The largest absolute Gasteiger partial charge is 0.356 e. The topological polar surface area (TPSA) is 39.7 Å². The standard InChI is InChI=1S/C17H34N4/c1-4-17(9-5-6-10-17)14-20-16(18-2)19-13-15-7-11-21(3)12-8-15/h15H,4-14H2,1-3H3,(H2,18,19,20). The summed E-state index contributed by atoms with van der Waals surface area (Å²) in [5, 5.41) is 7.12. The van der Waals surface area contributed by atoms with Crippen molar-refractivity contribution in [3.63, 3.8) is 0 Å². The van der Waals surface area contributed by atoms with E-state index in [0.717, 1.165) is 25.0 Å². The van der Waals surface area contributed by atoms with E-state index in [4.69, 9.17) is 0 Å². The number of guanidine groups is 1. The molecule has 4 nitrogen and oxygen atoms in total. The van der Waals surface area contributed by atoms with Gasteiger partial charge in [0.05, 0.1) is 0 Å². The maximum Gasteiger partial charge on any atom is 0.191 e. The van der Waals surface area contributed by atoms with Gasteiger partial charge in [-0.2, -0.15) is 0 Å². The van der Waals surface area contributed by atoms with Crippen LogP contribution in [0.15, 0.2) is 4.99 Å². The summed E-state index contributed by atoms with van der Waals surface area (Å²) in [6, 6.07) is 0. The molecule has 0 amide bonds. The van der Waals surface area contributed by atoms with Gasteiger partial charge in [-0.1, -0.05) is 19.8 Å². The first kappa shape index (κ1) is 16.6. The van der Waals surface area contributed by atoms with Crippen LogP contribution in [0.5, 0.6) is 0 Å². The highest BCUT2D eigenvalue weighted by Crippen LogP contribution is 2.40. The number of hydrogen-bond acceptors (Lipinski definition) is 2. The molecule has 0 aromatic carbocycles. The fraction of sp³-hybridized carbons (Fsp3) is 0.941. The molecule has 0 aromatic heterocycles. The molecule has 1 heterocycles. The Bertz CT molecular complexity index is 326. The van der Waals surface area contributed by atoms with Gasteiger partial charge in [0.25, 0.3) is 0 Å². The first-order valence-electron chi connectivity index (χ1n) is 8.80. The number of likely N-dealkylation sites (tertiary alicyclic amines) is 1. The van der Waals surface area contributed by atoms with Crippen LogP contribution in [0.3, 0.4) is 0 Å². The number of hydrogen-bond donors (Lipinski definition) is 2. The van der Waals surface area contributed by atoms with Crippen LogP contribution in [0, 0.1) is 11.3 Å². The molecule has 0 aromatic rings. The molecule has 1 aliphatic heterocycles. The van der Waals surface area contributed by atoms with E-state index in [2.05, 4.69) is 34.5 Å². The SMILES string of the molecule is CCC1(CNC(=NC)NCC2CCN(C)CC2)CCCC1. The van der Waals surface area contributed by atoms with Crippen molar-refractivity contribution in [1.29, 1.82) is 0 Å². The fourth-order valence-electron chi connectivity index (χ4n) is 3.78. The van der Waals surface area contributed by atoms with Crippen molar-refractivity contribution >= 4 is 5.96 Å². The highest BCUT2D eigenvalue weighted by atomic mass is 15.2. The summed E-state index contributed by atoms with van der Waals surface area (Å²) in [6.45, 7) is 6.94. The second-order valence-electron chi connectivity index (χ2n) is 7.11. The third-order valence-electron chi connectivity index (χ3n) is 5.66. The molecule has 1 aliphatic carbocycles. The van der Waals surface area contributed by atoms with Crippen LogP contribution in [-0.2, 0) is 0 Å². The molecule has 2 N–H and O–H groups in total. The Labute approximate surface area is 130 Å². The summed E-state index contributed by atoms with van der Waals surface area (Å²) in [4.78, 5) is 6.82. The second-order valence-corrected chi connectivity index (χ2v) is 7.11. The molecule has 4 heteroatoms. The molecule has 0 atom stereocenters. The van der Waals surface area contributed by atoms with Gasteiger partial charge in [-0.15, -0.1) is 0 Å². The van der Waals surface area contributed by atoms with Crippen molar-refractivity contribution in [2.75, 3.05) is 40.3 Å². The smallest absolute Gasteiger partial charge is 0.191 e. The van der Waals surface area contributed by atoms with Gasteiger partial charge in [-0.05, 0) is 63.6 Å². The Morgan fingerprint density at radius 1 is 1.19 bits per heavy atom. The Morgan fingerprint density at radius 2 is 1.86 bits per heavy atom. The average molecular weight is 294 g/mol. The minimum atomic E-state index is 0.519. The molecule has 0 unspecified atom stereocenters. The van der Waals surface area contributed by atoms with E-state index in [1.807, 2.05) is 7.05 Å². The predicted molar refractivity (Wildman–Crippen MR) is 90.8 cm³/mol. The monoisotopic (exact) mass is 294 g/mol. The van der Waals surface area contributed by atoms with Gasteiger partial charge in [-0.25, -0.2) is 0 Å². The summed E-state index contributed by atoms with van der Waals surface area (Å²) >= 11 is 0. The summed E-state index contributed by atoms with van der Waals surface area (Å²) in [5.41, 5.74) is 0.519. The molecule has 2 aliphatic rings. The van der Waals surface area contributed by atoms with Crippen molar-refractivity contribution in [2.24, 2.45) is 16.3 Å². The van der Waals surface area contributed by atoms with E-state index < -0.39 is 0 Å². The molecule has 122 valence electrons. The van der Waals surface area contributed by atoms with Gasteiger partial charge < -0.3 is 15.5 Å². The third-order valence-corrected chi connectivity index (χ3v) is 5.66. The van der Waals surface area contributed by atoms with E-state index in [1.54, 1.807) is 0 Å². The highest BCUT2D eigenvalue weighted by Gasteiger charge is 2.31. The zero-order valence-electron chi connectivity index (χ0n) is 14.2. The average Bonchev–Trinajstić information content (AvgIpc) is 2.99. The first-order valence-corrected chi connectivity index (χ1v) is 8.80. The Hall–Kier alpha value is -0.770. The normalized spacial score (nSPS) is 24.2. The molecule has 1 saturated carbocycles. The van der Waals surface area contributed by atoms with Crippen molar-refractivity contribution < 1.29 is 0 Å². The number of aliphatic imine (C=N–C) groups is 1. The van der Waals surface area contributed by atoms with E-state index in [1.165, 1.54) is 58.0 Å². The fourth-order valence-corrected chi connectivity index (χ4v) is 3.78. The minimum absolute atomic E-state index is 0.519. The Morgan fingerprint density at radius 3 is 2.43 bits per heavy atom. The van der Waals surface area contributed by atoms with Crippen LogP contribution in [0.1, 0.15) is 51.9 Å². The number of piperidine rings is 1. The maximum atomic E-state index is 4.40. The summed E-state index contributed by atoms with van der Waals surface area (Å²) < 4.78 is 0. The van der Waals surface area contributed by atoms with Crippen molar-refractivity contribution in [3.05, 3.63) is 0 Å². The Balaban J connectivity index is 1.71. The summed E-state index contributed by atoms with van der Waals surface area (Å²) in [5.74, 6) is 1.79. The lowest BCUT2D eigenvalue weighted by atomic mass is 9.83. The minimum Gasteiger partial charge on any atom is -0.356 e. The molecule has 21 heavy (non-hydrogen) atoms. The number of nitrogens with zero attached hydrogens (tertiary/aromatic N) is 2. The van der Waals surface area contributed by atoms with Gasteiger partial charge in [0.2, 0.25) is 0 Å². The van der Waals surface area contributed by atoms with Gasteiger partial charge in [-0.3, -0.25) is 4.99 Å². The van der Waals surface area contributed by atoms with E-state index >= 15 is 0 Å². The first-order chi connectivity index (χ1) is 10.2. The lowest BCUT2D eigenvalue weighted by Gasteiger charge is -2.31. The van der Waals surface area contributed by atoms with Crippen LogP contribution in [0.2, 0.25) is 0 Å². The number of nitrogens with one attached hydrogen (secondary N) is 2. The van der Waals surface area contributed by atoms with Gasteiger partial charge in [0.15, 0.2) is 5.96 Å². The molecule has 0 radical (unpaired) electrons. The molecule has 1 saturated heterocycles. The van der Waals surface area contributed by atoms with E-state index in [9.17, 15) is 0 Å². The lowest BCUT2D eigenvalue weighted by Crippen LogP contribution is -2.45. The highest BCUT2D eigenvalue weighted by molar-refractivity contribution is 5.79. The lowest BCUT2D eigenvalue weighted by molar-refractivity contribution is 0.219. The van der Waals surface area contributed by atoms with Crippen LogP contribution >= 0.6 is 0 Å². The van der Waals surface area contributed by atoms with Crippen LogP contribution in [-0.4, -0.2) is 51.1 Å². The van der Waals surface area contributed by atoms with Crippen molar-refractivity contribution in [3.8, 4) is 0 Å². The van der Waals surface area contributed by atoms with Crippen LogP contribution in [0.25, 0.3) is 0 Å². The summed E-state index contributed by atoms with van der Waals surface area (Å²) in [7, 11) is 4.10. The van der Waals surface area contributed by atoms with E-state index in [-0.39, 0.29) is 0 Å². The Kier molecular flexibility index (Phi) is 6.34. The van der Waals surface area contributed by atoms with Crippen molar-refractivity contribution in [2.45, 2.75) is 51.9 Å². The molecule has 0 bridgehead atoms. The van der Waals surface area contributed by atoms with Crippen LogP contribution < -0.4 is 10.6 Å². The molecule has 2 fully saturated rings. The molecule has 0 spiro atoms. The predicted octanol–water partition coefficient (Wildman–Crippen LogP) is 2.46. The van der Waals surface area contributed by atoms with Gasteiger partial charge in [0, 0.05) is 20.1 Å². The van der Waals surface area contributed by atoms with Gasteiger partial charge >= 0.3 is 0 Å².